The molecule has 0 saturated carbocycles. The zero-order valence-corrected chi connectivity index (χ0v) is 7.08. The second-order valence-corrected chi connectivity index (χ2v) is 2.30. The highest BCUT2D eigenvalue weighted by molar-refractivity contribution is 5.87. The summed E-state index contributed by atoms with van der Waals surface area (Å²) in [6, 6.07) is 2.59. The van der Waals surface area contributed by atoms with Crippen LogP contribution in [-0.4, -0.2) is 17.6 Å². The molecule has 0 radical (unpaired) electrons. The summed E-state index contributed by atoms with van der Waals surface area (Å²) in [5.41, 5.74) is 5.01. The van der Waals surface area contributed by atoms with Gasteiger partial charge in [-0.25, -0.2) is 9.78 Å². The Morgan fingerprint density at radius 1 is 1.69 bits per heavy atom. The molecule has 13 heavy (non-hydrogen) atoms. The molecular formula is C8H9FN2O2. The molecule has 0 amide bonds. The van der Waals surface area contributed by atoms with Crippen molar-refractivity contribution in [2.45, 2.75) is 6.92 Å². The third-order valence-electron chi connectivity index (χ3n) is 1.36. The number of esters is 1. The number of carbonyl (C=O) groups is 1. The van der Waals surface area contributed by atoms with E-state index in [0.717, 1.165) is 0 Å². The van der Waals surface area contributed by atoms with E-state index < -0.39 is 11.9 Å². The molecule has 1 rings (SSSR count). The number of halogens is 1. The van der Waals surface area contributed by atoms with Crippen molar-refractivity contribution in [1.29, 1.82) is 0 Å². The standard InChI is InChI=1S/C8H9FN2O2/c1-2-13-8(12)6-4-3-5(10)7(9)11-6/h3-4H,2,10H2,1H3. The van der Waals surface area contributed by atoms with Crippen LogP contribution < -0.4 is 5.73 Å². The number of aromatic nitrogens is 1. The summed E-state index contributed by atoms with van der Waals surface area (Å²) in [5, 5.41) is 0. The van der Waals surface area contributed by atoms with Gasteiger partial charge < -0.3 is 10.5 Å². The highest BCUT2D eigenvalue weighted by Crippen LogP contribution is 2.08. The molecule has 0 saturated heterocycles. The first-order valence-corrected chi connectivity index (χ1v) is 3.74. The van der Waals surface area contributed by atoms with Gasteiger partial charge in [0.15, 0.2) is 5.69 Å². The van der Waals surface area contributed by atoms with Crippen molar-refractivity contribution >= 4 is 11.7 Å². The second kappa shape index (κ2) is 3.84. The summed E-state index contributed by atoms with van der Waals surface area (Å²) in [6.45, 7) is 1.89. The van der Waals surface area contributed by atoms with Crippen molar-refractivity contribution in [3.8, 4) is 0 Å². The van der Waals surface area contributed by atoms with E-state index in [-0.39, 0.29) is 18.0 Å². The number of ether oxygens (including phenoxy) is 1. The van der Waals surface area contributed by atoms with Crippen LogP contribution in [0.1, 0.15) is 17.4 Å². The van der Waals surface area contributed by atoms with Crippen LogP contribution in [0.4, 0.5) is 10.1 Å². The average Bonchev–Trinajstić information content (AvgIpc) is 2.10. The predicted molar refractivity (Wildman–Crippen MR) is 44.6 cm³/mol. The van der Waals surface area contributed by atoms with Gasteiger partial charge in [0.2, 0.25) is 5.95 Å². The minimum Gasteiger partial charge on any atom is -0.461 e. The molecule has 1 aromatic rings. The van der Waals surface area contributed by atoms with Crippen LogP contribution in [0.5, 0.6) is 0 Å². The molecule has 0 aliphatic heterocycles. The maximum Gasteiger partial charge on any atom is 0.357 e. The fourth-order valence-electron chi connectivity index (χ4n) is 0.764. The number of nitrogens with zero attached hydrogens (tertiary/aromatic N) is 1. The fourth-order valence-corrected chi connectivity index (χ4v) is 0.764. The van der Waals surface area contributed by atoms with Crippen LogP contribution in [-0.2, 0) is 4.74 Å². The van der Waals surface area contributed by atoms with Gasteiger partial charge in [0.05, 0.1) is 12.3 Å². The number of nitrogens with two attached hydrogens (primary N) is 1. The van der Waals surface area contributed by atoms with E-state index in [9.17, 15) is 9.18 Å². The van der Waals surface area contributed by atoms with Gasteiger partial charge in [-0.3, -0.25) is 0 Å². The average molecular weight is 184 g/mol. The Bertz CT molecular complexity index is 328. The lowest BCUT2D eigenvalue weighted by molar-refractivity contribution is 0.0518. The van der Waals surface area contributed by atoms with E-state index in [0.29, 0.717) is 0 Å². The van der Waals surface area contributed by atoms with Crippen LogP contribution in [0.25, 0.3) is 0 Å². The van der Waals surface area contributed by atoms with Crippen molar-refractivity contribution in [2.75, 3.05) is 12.3 Å². The highest BCUT2D eigenvalue weighted by atomic mass is 19.1. The molecule has 2 N–H and O–H groups in total. The summed E-state index contributed by atoms with van der Waals surface area (Å²) < 4.78 is 17.3. The van der Waals surface area contributed by atoms with Crippen LogP contribution in [0.3, 0.4) is 0 Å². The van der Waals surface area contributed by atoms with Gasteiger partial charge in [-0.1, -0.05) is 0 Å². The summed E-state index contributed by atoms with van der Waals surface area (Å²) in [6.07, 6.45) is 0. The topological polar surface area (TPSA) is 65.2 Å². The van der Waals surface area contributed by atoms with Crippen LogP contribution in [0, 0.1) is 5.95 Å². The number of anilines is 1. The van der Waals surface area contributed by atoms with Crippen LogP contribution >= 0.6 is 0 Å². The third-order valence-corrected chi connectivity index (χ3v) is 1.36. The molecule has 70 valence electrons. The molecule has 0 fully saturated rings. The quantitative estimate of drug-likeness (QED) is 0.549. The monoisotopic (exact) mass is 184 g/mol. The maximum atomic E-state index is 12.7. The van der Waals surface area contributed by atoms with E-state index in [2.05, 4.69) is 9.72 Å². The molecule has 0 aliphatic carbocycles. The zero-order valence-electron chi connectivity index (χ0n) is 7.08. The van der Waals surface area contributed by atoms with Crippen molar-refractivity contribution in [3.05, 3.63) is 23.8 Å². The van der Waals surface area contributed by atoms with Crippen molar-refractivity contribution < 1.29 is 13.9 Å². The lowest BCUT2D eigenvalue weighted by Gasteiger charge is -2.01. The smallest absolute Gasteiger partial charge is 0.357 e. The van der Waals surface area contributed by atoms with Gasteiger partial charge in [-0.05, 0) is 19.1 Å². The maximum absolute atomic E-state index is 12.7. The van der Waals surface area contributed by atoms with Crippen molar-refractivity contribution in [3.63, 3.8) is 0 Å². The zero-order chi connectivity index (χ0) is 9.84. The molecule has 1 heterocycles. The molecule has 1 aromatic heterocycles. The SMILES string of the molecule is CCOC(=O)c1ccc(N)c(F)n1. The largest absolute Gasteiger partial charge is 0.461 e. The molecule has 5 heteroatoms. The van der Waals surface area contributed by atoms with Crippen LogP contribution in [0.15, 0.2) is 12.1 Å². The molecule has 0 unspecified atom stereocenters. The number of hydrogen-bond donors (Lipinski definition) is 1. The van der Waals surface area contributed by atoms with E-state index in [1.165, 1.54) is 12.1 Å². The second-order valence-electron chi connectivity index (χ2n) is 2.30. The van der Waals surface area contributed by atoms with E-state index in [1.807, 2.05) is 0 Å². The molecular weight excluding hydrogens is 175 g/mol. The summed E-state index contributed by atoms with van der Waals surface area (Å²) in [5.74, 6) is -1.51. The van der Waals surface area contributed by atoms with Gasteiger partial charge in [0, 0.05) is 0 Å². The summed E-state index contributed by atoms with van der Waals surface area (Å²) in [4.78, 5) is 14.3. The summed E-state index contributed by atoms with van der Waals surface area (Å²) >= 11 is 0. The molecule has 0 atom stereocenters. The van der Waals surface area contributed by atoms with Gasteiger partial charge in [0.1, 0.15) is 0 Å². The Hall–Kier alpha value is -1.65. The number of carbonyl (C=O) groups excluding carboxylic acids is 1. The molecule has 0 bridgehead atoms. The Kier molecular flexibility index (Phi) is 2.79. The minimum atomic E-state index is -0.856. The Morgan fingerprint density at radius 3 is 2.92 bits per heavy atom. The van der Waals surface area contributed by atoms with Crippen molar-refractivity contribution in [2.24, 2.45) is 0 Å². The van der Waals surface area contributed by atoms with Crippen LogP contribution in [0.2, 0.25) is 0 Å². The predicted octanol–water partition coefficient (Wildman–Crippen LogP) is 0.980. The molecule has 0 spiro atoms. The van der Waals surface area contributed by atoms with Gasteiger partial charge >= 0.3 is 5.97 Å². The first-order chi connectivity index (χ1) is 6.15. The lowest BCUT2D eigenvalue weighted by Crippen LogP contribution is -2.08. The summed E-state index contributed by atoms with van der Waals surface area (Å²) in [7, 11) is 0. The fraction of sp³-hybridized carbons (Fsp3) is 0.250. The van der Waals surface area contributed by atoms with Crippen molar-refractivity contribution in [1.82, 2.24) is 4.98 Å². The number of pyridine rings is 1. The van der Waals surface area contributed by atoms with Gasteiger partial charge in [0.25, 0.3) is 0 Å². The van der Waals surface area contributed by atoms with E-state index in [4.69, 9.17) is 5.73 Å². The number of nitrogen functional groups attached to an aromatic ring is 1. The van der Waals surface area contributed by atoms with E-state index in [1.54, 1.807) is 6.92 Å². The van der Waals surface area contributed by atoms with E-state index >= 15 is 0 Å². The number of hydrogen-bond acceptors (Lipinski definition) is 4. The normalized spacial score (nSPS) is 9.69. The Labute approximate surface area is 74.5 Å². The Morgan fingerprint density at radius 2 is 2.38 bits per heavy atom. The minimum absolute atomic E-state index is 0.0754. The molecule has 4 nitrogen and oxygen atoms in total. The van der Waals surface area contributed by atoms with Gasteiger partial charge in [-0.2, -0.15) is 4.39 Å². The molecule has 0 aliphatic rings. The van der Waals surface area contributed by atoms with Gasteiger partial charge in [-0.15, -0.1) is 0 Å². The molecule has 0 aromatic carbocycles. The number of rotatable bonds is 2. The third kappa shape index (κ3) is 2.14. The first-order valence-electron chi connectivity index (χ1n) is 3.74. The first kappa shape index (κ1) is 9.44. The lowest BCUT2D eigenvalue weighted by atomic mass is 10.3. The highest BCUT2D eigenvalue weighted by Gasteiger charge is 2.10. The Balaban J connectivity index is 2.90.